The highest BCUT2D eigenvalue weighted by molar-refractivity contribution is 5.95. The van der Waals surface area contributed by atoms with Crippen molar-refractivity contribution < 1.29 is 10.0 Å². The van der Waals surface area contributed by atoms with Gasteiger partial charge in [-0.25, -0.2) is 0 Å². The number of nitrogens with one attached hydrogen (secondary N) is 1. The highest BCUT2D eigenvalue weighted by Crippen LogP contribution is 2.12. The van der Waals surface area contributed by atoms with Crippen molar-refractivity contribution in [2.45, 2.75) is 33.1 Å². The SMILES string of the molecule is Cc1cccc(C(=O)NCCCCC(N)=NO)c1C. The molecule has 104 valence electrons. The van der Waals surface area contributed by atoms with Crippen LogP contribution < -0.4 is 11.1 Å². The summed E-state index contributed by atoms with van der Waals surface area (Å²) in [6, 6.07) is 5.70. The number of benzene rings is 1. The fourth-order valence-electron chi connectivity index (χ4n) is 1.78. The number of unbranched alkanes of at least 4 members (excludes halogenated alkanes) is 1. The predicted octanol–water partition coefficient (Wildman–Crippen LogP) is 1.95. The molecule has 0 bridgehead atoms. The molecule has 0 spiro atoms. The van der Waals surface area contributed by atoms with E-state index in [4.69, 9.17) is 10.9 Å². The Labute approximate surface area is 113 Å². The quantitative estimate of drug-likeness (QED) is 0.241. The van der Waals surface area contributed by atoms with Gasteiger partial charge in [-0.05, 0) is 43.9 Å². The third kappa shape index (κ3) is 4.62. The van der Waals surface area contributed by atoms with Gasteiger partial charge in [0.25, 0.3) is 5.91 Å². The molecule has 0 aliphatic rings. The molecule has 1 rings (SSSR count). The average Bonchev–Trinajstić information content (AvgIpc) is 2.40. The first-order valence-corrected chi connectivity index (χ1v) is 6.37. The Morgan fingerprint density at radius 1 is 1.37 bits per heavy atom. The van der Waals surface area contributed by atoms with Crippen molar-refractivity contribution in [2.75, 3.05) is 6.54 Å². The van der Waals surface area contributed by atoms with Crippen molar-refractivity contribution in [2.24, 2.45) is 10.9 Å². The van der Waals surface area contributed by atoms with Gasteiger partial charge in [0.2, 0.25) is 0 Å². The molecule has 0 heterocycles. The number of nitrogens with two attached hydrogens (primary N) is 1. The topological polar surface area (TPSA) is 87.7 Å². The van der Waals surface area contributed by atoms with Crippen LogP contribution in [0.25, 0.3) is 0 Å². The highest BCUT2D eigenvalue weighted by atomic mass is 16.4. The summed E-state index contributed by atoms with van der Waals surface area (Å²) < 4.78 is 0. The van der Waals surface area contributed by atoms with Crippen LogP contribution in [-0.2, 0) is 0 Å². The first kappa shape index (κ1) is 15.0. The number of amides is 1. The molecule has 0 atom stereocenters. The number of nitrogens with zero attached hydrogens (tertiary/aromatic N) is 1. The van der Waals surface area contributed by atoms with E-state index in [1.54, 1.807) is 0 Å². The van der Waals surface area contributed by atoms with E-state index in [2.05, 4.69) is 10.5 Å². The van der Waals surface area contributed by atoms with E-state index < -0.39 is 0 Å². The third-order valence-corrected chi connectivity index (χ3v) is 3.12. The number of hydrogen-bond acceptors (Lipinski definition) is 3. The van der Waals surface area contributed by atoms with E-state index in [0.717, 1.165) is 29.5 Å². The number of carbonyl (C=O) groups is 1. The Morgan fingerprint density at radius 2 is 2.11 bits per heavy atom. The number of carbonyl (C=O) groups excluding carboxylic acids is 1. The van der Waals surface area contributed by atoms with Crippen LogP contribution in [0.4, 0.5) is 0 Å². The number of oxime groups is 1. The first-order chi connectivity index (χ1) is 9.06. The molecular weight excluding hydrogens is 242 g/mol. The van der Waals surface area contributed by atoms with Gasteiger partial charge in [-0.3, -0.25) is 4.79 Å². The largest absolute Gasteiger partial charge is 0.409 e. The van der Waals surface area contributed by atoms with E-state index in [1.807, 2.05) is 32.0 Å². The smallest absolute Gasteiger partial charge is 0.251 e. The second kappa shape index (κ2) is 7.41. The third-order valence-electron chi connectivity index (χ3n) is 3.12. The zero-order valence-electron chi connectivity index (χ0n) is 11.4. The number of amidine groups is 1. The van der Waals surface area contributed by atoms with Gasteiger partial charge in [-0.1, -0.05) is 17.3 Å². The van der Waals surface area contributed by atoms with Gasteiger partial charge < -0.3 is 16.3 Å². The fraction of sp³-hybridized carbons (Fsp3) is 0.429. The molecule has 0 saturated heterocycles. The standard InChI is InChI=1S/C14H21N3O2/c1-10-6-5-7-12(11(10)2)14(18)16-9-4-3-8-13(15)17-19/h5-7,19H,3-4,8-9H2,1-2H3,(H2,15,17)(H,16,18). The second-order valence-corrected chi connectivity index (χ2v) is 4.55. The van der Waals surface area contributed by atoms with Crippen molar-refractivity contribution in [1.82, 2.24) is 5.32 Å². The van der Waals surface area contributed by atoms with Crippen LogP contribution in [0.2, 0.25) is 0 Å². The van der Waals surface area contributed by atoms with Gasteiger partial charge in [0.15, 0.2) is 0 Å². The Balaban J connectivity index is 2.38. The Morgan fingerprint density at radius 3 is 2.79 bits per heavy atom. The molecule has 1 aromatic carbocycles. The highest BCUT2D eigenvalue weighted by Gasteiger charge is 2.08. The fourth-order valence-corrected chi connectivity index (χ4v) is 1.78. The Bertz CT molecular complexity index is 470. The molecule has 0 saturated carbocycles. The molecule has 4 N–H and O–H groups in total. The molecule has 0 aliphatic heterocycles. The summed E-state index contributed by atoms with van der Waals surface area (Å²) in [6.07, 6.45) is 2.12. The van der Waals surface area contributed by atoms with Crippen molar-refractivity contribution >= 4 is 11.7 Å². The zero-order chi connectivity index (χ0) is 14.3. The van der Waals surface area contributed by atoms with E-state index in [-0.39, 0.29) is 11.7 Å². The van der Waals surface area contributed by atoms with E-state index in [9.17, 15) is 4.79 Å². The van der Waals surface area contributed by atoms with Gasteiger partial charge >= 0.3 is 0 Å². The van der Waals surface area contributed by atoms with Gasteiger partial charge in [-0.15, -0.1) is 0 Å². The summed E-state index contributed by atoms with van der Waals surface area (Å²) in [4.78, 5) is 12.0. The number of hydrogen-bond donors (Lipinski definition) is 3. The van der Waals surface area contributed by atoms with Gasteiger partial charge in [0.1, 0.15) is 5.84 Å². The Kier molecular flexibility index (Phi) is 5.85. The molecule has 1 amide bonds. The van der Waals surface area contributed by atoms with Crippen molar-refractivity contribution in [3.8, 4) is 0 Å². The summed E-state index contributed by atoms with van der Waals surface area (Å²) in [5.74, 6) is 0.172. The molecular formula is C14H21N3O2. The van der Waals surface area contributed by atoms with Crippen LogP contribution in [0.3, 0.4) is 0 Å². The first-order valence-electron chi connectivity index (χ1n) is 6.37. The van der Waals surface area contributed by atoms with Crippen molar-refractivity contribution in [3.05, 3.63) is 34.9 Å². The zero-order valence-corrected chi connectivity index (χ0v) is 11.4. The summed E-state index contributed by atoms with van der Waals surface area (Å²) in [5, 5.41) is 14.2. The minimum atomic E-state index is -0.0509. The minimum Gasteiger partial charge on any atom is -0.409 e. The van der Waals surface area contributed by atoms with E-state index >= 15 is 0 Å². The lowest BCUT2D eigenvalue weighted by Crippen LogP contribution is -2.25. The lowest BCUT2D eigenvalue weighted by Gasteiger charge is -2.09. The number of aryl methyl sites for hydroxylation is 1. The van der Waals surface area contributed by atoms with Gasteiger partial charge in [0, 0.05) is 18.5 Å². The molecule has 19 heavy (non-hydrogen) atoms. The van der Waals surface area contributed by atoms with Crippen molar-refractivity contribution in [1.29, 1.82) is 0 Å². The lowest BCUT2D eigenvalue weighted by molar-refractivity contribution is 0.0952. The Hall–Kier alpha value is -2.04. The summed E-state index contributed by atoms with van der Waals surface area (Å²) in [6.45, 7) is 4.52. The van der Waals surface area contributed by atoms with Crippen LogP contribution in [0, 0.1) is 13.8 Å². The summed E-state index contributed by atoms with van der Waals surface area (Å²) in [5.41, 5.74) is 8.20. The van der Waals surface area contributed by atoms with Crippen LogP contribution in [0.5, 0.6) is 0 Å². The molecule has 0 unspecified atom stereocenters. The molecule has 5 nitrogen and oxygen atoms in total. The molecule has 0 aromatic heterocycles. The molecule has 0 radical (unpaired) electrons. The maximum atomic E-state index is 12.0. The molecule has 1 aromatic rings. The van der Waals surface area contributed by atoms with Crippen molar-refractivity contribution in [3.63, 3.8) is 0 Å². The minimum absolute atomic E-state index is 0.0509. The summed E-state index contributed by atoms with van der Waals surface area (Å²) in [7, 11) is 0. The molecule has 0 aliphatic carbocycles. The second-order valence-electron chi connectivity index (χ2n) is 4.55. The van der Waals surface area contributed by atoms with Crippen LogP contribution in [-0.4, -0.2) is 23.5 Å². The van der Waals surface area contributed by atoms with Crippen LogP contribution in [0.15, 0.2) is 23.4 Å². The van der Waals surface area contributed by atoms with Crippen LogP contribution in [0.1, 0.15) is 40.7 Å². The van der Waals surface area contributed by atoms with E-state index in [1.165, 1.54) is 0 Å². The number of rotatable bonds is 6. The van der Waals surface area contributed by atoms with E-state index in [0.29, 0.717) is 13.0 Å². The summed E-state index contributed by atoms with van der Waals surface area (Å²) >= 11 is 0. The molecule has 5 heteroatoms. The monoisotopic (exact) mass is 263 g/mol. The van der Waals surface area contributed by atoms with Crippen LogP contribution >= 0.6 is 0 Å². The maximum Gasteiger partial charge on any atom is 0.251 e. The normalized spacial score (nSPS) is 11.4. The van der Waals surface area contributed by atoms with Gasteiger partial charge in [-0.2, -0.15) is 0 Å². The lowest BCUT2D eigenvalue weighted by atomic mass is 10.0. The predicted molar refractivity (Wildman–Crippen MR) is 75.5 cm³/mol. The molecule has 0 fully saturated rings. The average molecular weight is 263 g/mol. The van der Waals surface area contributed by atoms with Gasteiger partial charge in [0.05, 0.1) is 0 Å². The maximum absolute atomic E-state index is 12.0.